The highest BCUT2D eigenvalue weighted by atomic mass is 32.1. The molecule has 1 aliphatic rings. The highest BCUT2D eigenvalue weighted by molar-refractivity contribution is 7.26. The van der Waals surface area contributed by atoms with E-state index in [2.05, 4.69) is 207 Å². The first-order valence-electron chi connectivity index (χ1n) is 22.0. The summed E-state index contributed by atoms with van der Waals surface area (Å²) in [5.41, 5.74) is 13.4. The molecule has 10 aromatic carbocycles. The van der Waals surface area contributed by atoms with Gasteiger partial charge in [0.25, 0.3) is 0 Å². The number of hydrogen-bond donors (Lipinski definition) is 0. The van der Waals surface area contributed by atoms with Gasteiger partial charge in [0.15, 0.2) is 0 Å². The zero-order chi connectivity index (χ0) is 41.6. The number of benzene rings is 10. The number of rotatable bonds is 5. The van der Waals surface area contributed by atoms with Crippen LogP contribution in [0.25, 0.3) is 108 Å². The number of fused-ring (bicyclic) bond motifs is 14. The van der Waals surface area contributed by atoms with Gasteiger partial charge in [-0.15, -0.1) is 11.3 Å². The predicted octanol–water partition coefficient (Wildman–Crippen LogP) is 16.6. The van der Waals surface area contributed by atoms with Crippen molar-refractivity contribution in [3.05, 3.63) is 217 Å². The van der Waals surface area contributed by atoms with Crippen LogP contribution in [0.5, 0.6) is 0 Å². The Morgan fingerprint density at radius 2 is 1.05 bits per heavy atom. The summed E-state index contributed by atoms with van der Waals surface area (Å²) in [5.74, 6) is 1.05. The molecule has 2 heterocycles. The van der Waals surface area contributed by atoms with Crippen molar-refractivity contribution in [3.63, 3.8) is 0 Å². The summed E-state index contributed by atoms with van der Waals surface area (Å²) >= 11 is 1.80. The Kier molecular flexibility index (Phi) is 8.22. The molecule has 12 aromatic rings. The summed E-state index contributed by atoms with van der Waals surface area (Å²) in [6, 6.07) is 73.6. The van der Waals surface area contributed by atoms with Crippen LogP contribution in [0.1, 0.15) is 35.7 Å². The van der Waals surface area contributed by atoms with E-state index in [1.54, 1.807) is 11.3 Å². The normalized spacial score (nSPS) is 14.1. The third kappa shape index (κ3) is 5.77. The van der Waals surface area contributed by atoms with E-state index in [1.807, 2.05) is 0 Å². The topological polar surface area (TPSA) is 25.8 Å². The minimum Gasteiger partial charge on any atom is -0.231 e. The quantitative estimate of drug-likeness (QED) is 0.162. The van der Waals surface area contributed by atoms with E-state index in [-0.39, 0.29) is 11.8 Å². The number of nitrogens with zero attached hydrogens (tertiary/aromatic N) is 2. The summed E-state index contributed by atoms with van der Waals surface area (Å²) in [6.07, 6.45) is 0.904. The molecule has 0 saturated heterocycles. The molecule has 0 spiro atoms. The lowest BCUT2D eigenvalue weighted by Gasteiger charge is -2.33. The van der Waals surface area contributed by atoms with Crippen molar-refractivity contribution in [1.82, 2.24) is 9.97 Å². The number of hydrogen-bond acceptors (Lipinski definition) is 3. The third-order valence-electron chi connectivity index (χ3n) is 13.7. The van der Waals surface area contributed by atoms with Crippen LogP contribution < -0.4 is 0 Å². The average molecular weight is 821 g/mol. The highest BCUT2D eigenvalue weighted by Crippen LogP contribution is 2.52. The molecule has 296 valence electrons. The molecule has 1 aliphatic carbocycles. The van der Waals surface area contributed by atoms with Crippen LogP contribution in [-0.4, -0.2) is 9.97 Å². The summed E-state index contributed by atoms with van der Waals surface area (Å²) in [6.45, 7) is 2.37. The van der Waals surface area contributed by atoms with Gasteiger partial charge in [0.2, 0.25) is 0 Å². The first-order chi connectivity index (χ1) is 31.1. The van der Waals surface area contributed by atoms with Crippen molar-refractivity contribution in [1.29, 1.82) is 0 Å². The average Bonchev–Trinajstić information content (AvgIpc) is 3.74. The van der Waals surface area contributed by atoms with Crippen LogP contribution in [0.4, 0.5) is 0 Å². The van der Waals surface area contributed by atoms with E-state index >= 15 is 0 Å². The Morgan fingerprint density at radius 1 is 0.476 bits per heavy atom. The first-order valence-corrected chi connectivity index (χ1v) is 22.8. The Labute approximate surface area is 369 Å². The van der Waals surface area contributed by atoms with Crippen LogP contribution in [0, 0.1) is 0 Å². The maximum absolute atomic E-state index is 5.66. The maximum Gasteiger partial charge on any atom is 0.133 e. The Hall–Kier alpha value is -7.46. The van der Waals surface area contributed by atoms with Gasteiger partial charge in [-0.1, -0.05) is 189 Å². The van der Waals surface area contributed by atoms with Gasteiger partial charge in [0.05, 0.1) is 15.9 Å². The smallest absolute Gasteiger partial charge is 0.133 e. The van der Waals surface area contributed by atoms with Gasteiger partial charge in [0, 0.05) is 21.6 Å². The second-order valence-corrected chi connectivity index (χ2v) is 18.3. The molecule has 2 unspecified atom stereocenters. The molecule has 2 nitrogen and oxygen atoms in total. The fourth-order valence-corrected chi connectivity index (χ4v) is 11.8. The van der Waals surface area contributed by atoms with E-state index < -0.39 is 0 Å². The fourth-order valence-electron chi connectivity index (χ4n) is 10.6. The van der Waals surface area contributed by atoms with Gasteiger partial charge >= 0.3 is 0 Å². The second kappa shape index (κ2) is 14.3. The van der Waals surface area contributed by atoms with E-state index in [1.165, 1.54) is 97.7 Å². The molecule has 0 fully saturated rings. The van der Waals surface area contributed by atoms with E-state index in [4.69, 9.17) is 9.97 Å². The van der Waals surface area contributed by atoms with Crippen molar-refractivity contribution in [2.75, 3.05) is 0 Å². The molecule has 0 radical (unpaired) electrons. The molecule has 13 rings (SSSR count). The van der Waals surface area contributed by atoms with Crippen molar-refractivity contribution in [2.24, 2.45) is 0 Å². The monoisotopic (exact) mass is 820 g/mol. The molecule has 0 aliphatic heterocycles. The molecular weight excluding hydrogens is 781 g/mol. The molecule has 0 N–H and O–H groups in total. The Bertz CT molecular complexity index is 3750. The van der Waals surface area contributed by atoms with E-state index in [0.717, 1.165) is 33.7 Å². The van der Waals surface area contributed by atoms with Gasteiger partial charge in [-0.05, 0) is 118 Å². The van der Waals surface area contributed by atoms with Crippen molar-refractivity contribution in [3.8, 4) is 44.6 Å². The van der Waals surface area contributed by atoms with Crippen LogP contribution in [0.15, 0.2) is 200 Å². The van der Waals surface area contributed by atoms with Gasteiger partial charge in [0.1, 0.15) is 5.82 Å². The minimum absolute atomic E-state index is 0.0167. The largest absolute Gasteiger partial charge is 0.231 e. The lowest BCUT2D eigenvalue weighted by Crippen LogP contribution is -2.19. The fraction of sp³-hybridized carbons (Fsp3) is 0.0667. The van der Waals surface area contributed by atoms with Crippen molar-refractivity contribution < 1.29 is 0 Å². The van der Waals surface area contributed by atoms with Crippen LogP contribution >= 0.6 is 11.3 Å². The Balaban J connectivity index is 1.01. The van der Waals surface area contributed by atoms with Gasteiger partial charge in [-0.3, -0.25) is 0 Å². The molecule has 2 aromatic heterocycles. The molecule has 3 heteroatoms. The number of aromatic nitrogens is 2. The SMILES string of the molecule is CC(c1nc(-c2cccc(-c3ccc(-c4ccccc4)cc3)c2)c2sc3ccccc3c2n1)C1Cc2cc3ccccc3cc2-c2c1ccc1c3ccccc3c3ccccc3c21. The van der Waals surface area contributed by atoms with Crippen molar-refractivity contribution >= 4 is 74.7 Å². The minimum atomic E-state index is 0.0167. The first kappa shape index (κ1) is 36.2. The lowest BCUT2D eigenvalue weighted by atomic mass is 9.71. The second-order valence-electron chi connectivity index (χ2n) is 17.2. The zero-order valence-electron chi connectivity index (χ0n) is 34.7. The van der Waals surface area contributed by atoms with Gasteiger partial charge in [-0.2, -0.15) is 0 Å². The third-order valence-corrected chi connectivity index (χ3v) is 14.9. The van der Waals surface area contributed by atoms with Gasteiger partial charge < -0.3 is 0 Å². The molecule has 0 bridgehead atoms. The highest BCUT2D eigenvalue weighted by Gasteiger charge is 2.34. The standard InChI is InChI=1S/C60H40N2S/c1-36(52-35-44-33-41-16-5-6-17-42(41)34-53(44)56-50(52)31-30-49-47-22-8-7-20-45(47)46-21-9-10-23-48(46)55(49)56)60-61-57(59-58(62-60)51-24-11-12-25-54(51)63-59)43-19-13-18-40(32-43)39-28-26-38(27-29-39)37-14-3-2-4-15-37/h2-34,36,52H,35H2,1H3. The summed E-state index contributed by atoms with van der Waals surface area (Å²) < 4.78 is 2.36. The van der Waals surface area contributed by atoms with Crippen molar-refractivity contribution in [2.45, 2.75) is 25.2 Å². The van der Waals surface area contributed by atoms with E-state index in [0.29, 0.717) is 0 Å². The van der Waals surface area contributed by atoms with Crippen LogP contribution in [-0.2, 0) is 6.42 Å². The van der Waals surface area contributed by atoms with Crippen LogP contribution in [0.2, 0.25) is 0 Å². The number of thiophene rings is 1. The molecular formula is C60H40N2S. The predicted molar refractivity (Wildman–Crippen MR) is 268 cm³/mol. The lowest BCUT2D eigenvalue weighted by molar-refractivity contribution is 0.545. The zero-order valence-corrected chi connectivity index (χ0v) is 35.5. The molecule has 63 heavy (non-hydrogen) atoms. The summed E-state index contributed by atoms with van der Waals surface area (Å²) in [4.78, 5) is 11.2. The molecule has 2 atom stereocenters. The van der Waals surface area contributed by atoms with E-state index in [9.17, 15) is 0 Å². The molecule has 0 amide bonds. The summed E-state index contributed by atoms with van der Waals surface area (Å²) in [5, 5.41) is 11.6. The summed E-state index contributed by atoms with van der Waals surface area (Å²) in [7, 11) is 0. The van der Waals surface area contributed by atoms with Crippen LogP contribution in [0.3, 0.4) is 0 Å². The Morgan fingerprint density at radius 3 is 1.81 bits per heavy atom. The molecule has 0 saturated carbocycles. The maximum atomic E-state index is 5.66. The van der Waals surface area contributed by atoms with Gasteiger partial charge in [-0.25, -0.2) is 9.97 Å².